The molecule has 1 amide bonds. The highest BCUT2D eigenvalue weighted by Gasteiger charge is 2.36. The molecule has 0 saturated carbocycles. The lowest BCUT2D eigenvalue weighted by molar-refractivity contribution is -0.126. The summed E-state index contributed by atoms with van der Waals surface area (Å²) in [6.45, 7) is 7.16. The molecule has 1 aromatic heterocycles. The fourth-order valence-corrected chi connectivity index (χ4v) is 1.20. The first kappa shape index (κ1) is 14.6. The Labute approximate surface area is 106 Å². The van der Waals surface area contributed by atoms with Crippen molar-refractivity contribution >= 4 is 5.91 Å². The van der Waals surface area contributed by atoms with E-state index in [0.717, 1.165) is 0 Å². The van der Waals surface area contributed by atoms with Gasteiger partial charge in [0, 0.05) is 6.54 Å². The SMILES string of the molecule is CC(C)(O)C(C)(C)NC(=O)Cn1cc(CN)nn1. The van der Waals surface area contributed by atoms with Crippen molar-refractivity contribution in [1.82, 2.24) is 20.3 Å². The first-order valence-electron chi connectivity index (χ1n) is 5.78. The van der Waals surface area contributed by atoms with Crippen LogP contribution in [0.2, 0.25) is 0 Å². The lowest BCUT2D eigenvalue weighted by Gasteiger charge is -2.37. The zero-order chi connectivity index (χ0) is 14.0. The molecule has 0 bridgehead atoms. The molecule has 0 radical (unpaired) electrons. The van der Waals surface area contributed by atoms with Crippen molar-refractivity contribution in [3.05, 3.63) is 11.9 Å². The maximum atomic E-state index is 11.8. The Balaban J connectivity index is 2.62. The molecule has 0 aromatic carbocycles. The molecule has 102 valence electrons. The number of hydrogen-bond donors (Lipinski definition) is 3. The zero-order valence-electron chi connectivity index (χ0n) is 11.3. The van der Waals surface area contributed by atoms with E-state index in [2.05, 4.69) is 15.6 Å². The molecule has 7 heteroatoms. The predicted octanol–water partition coefficient (Wildman–Crippen LogP) is -0.597. The number of amides is 1. The zero-order valence-corrected chi connectivity index (χ0v) is 11.3. The Bertz CT molecular complexity index is 419. The minimum atomic E-state index is -1.02. The summed E-state index contributed by atoms with van der Waals surface area (Å²) < 4.78 is 1.41. The number of nitrogens with two attached hydrogens (primary N) is 1. The van der Waals surface area contributed by atoms with E-state index in [9.17, 15) is 9.90 Å². The summed E-state index contributed by atoms with van der Waals surface area (Å²) in [7, 11) is 0. The molecule has 0 spiro atoms. The standard InChI is InChI=1S/C11H21N5O2/c1-10(2,11(3,4)18)13-9(17)7-16-6-8(5-12)14-15-16/h6,18H,5,7,12H2,1-4H3,(H,13,17). The van der Waals surface area contributed by atoms with Gasteiger partial charge in [0.2, 0.25) is 5.91 Å². The number of nitrogens with one attached hydrogen (secondary N) is 1. The van der Waals surface area contributed by atoms with E-state index in [4.69, 9.17) is 5.73 Å². The molecule has 0 atom stereocenters. The van der Waals surface area contributed by atoms with Crippen LogP contribution < -0.4 is 11.1 Å². The van der Waals surface area contributed by atoms with Crippen molar-refractivity contribution in [3.63, 3.8) is 0 Å². The van der Waals surface area contributed by atoms with Crippen LogP contribution in [0.4, 0.5) is 0 Å². The second kappa shape index (κ2) is 5.03. The van der Waals surface area contributed by atoms with Gasteiger partial charge in [-0.05, 0) is 27.7 Å². The normalized spacial score (nSPS) is 12.6. The number of rotatable bonds is 5. The second-order valence-corrected chi connectivity index (χ2v) is 5.34. The number of hydrogen-bond acceptors (Lipinski definition) is 5. The van der Waals surface area contributed by atoms with Gasteiger partial charge in [-0.25, -0.2) is 4.68 Å². The maximum Gasteiger partial charge on any atom is 0.242 e. The molecule has 7 nitrogen and oxygen atoms in total. The van der Waals surface area contributed by atoms with Crippen LogP contribution in [-0.2, 0) is 17.9 Å². The topological polar surface area (TPSA) is 106 Å². The molecule has 1 rings (SSSR count). The van der Waals surface area contributed by atoms with Crippen LogP contribution >= 0.6 is 0 Å². The van der Waals surface area contributed by atoms with Crippen LogP contribution in [-0.4, -0.2) is 37.1 Å². The largest absolute Gasteiger partial charge is 0.388 e. The Morgan fingerprint density at radius 2 is 2.11 bits per heavy atom. The fourth-order valence-electron chi connectivity index (χ4n) is 1.20. The molecule has 0 aliphatic rings. The third-order valence-electron chi connectivity index (χ3n) is 3.08. The van der Waals surface area contributed by atoms with Gasteiger partial charge in [-0.3, -0.25) is 4.79 Å². The molecule has 1 aromatic rings. The minimum Gasteiger partial charge on any atom is -0.388 e. The molecule has 0 aliphatic heterocycles. The summed E-state index contributed by atoms with van der Waals surface area (Å²) in [5, 5.41) is 20.3. The summed E-state index contributed by atoms with van der Waals surface area (Å²) in [5.74, 6) is -0.240. The molecular formula is C11H21N5O2. The Hall–Kier alpha value is -1.47. The van der Waals surface area contributed by atoms with Gasteiger partial charge >= 0.3 is 0 Å². The third-order valence-corrected chi connectivity index (χ3v) is 3.08. The molecular weight excluding hydrogens is 234 g/mol. The average Bonchev–Trinajstić information content (AvgIpc) is 2.62. The van der Waals surface area contributed by atoms with Gasteiger partial charge in [-0.15, -0.1) is 5.10 Å². The molecule has 0 saturated heterocycles. The van der Waals surface area contributed by atoms with Crippen LogP contribution in [0.5, 0.6) is 0 Å². The van der Waals surface area contributed by atoms with Gasteiger partial charge in [-0.2, -0.15) is 0 Å². The fraction of sp³-hybridized carbons (Fsp3) is 0.727. The molecule has 0 unspecified atom stereocenters. The Morgan fingerprint density at radius 1 is 1.50 bits per heavy atom. The first-order chi connectivity index (χ1) is 8.15. The van der Waals surface area contributed by atoms with Crippen molar-refractivity contribution in [3.8, 4) is 0 Å². The van der Waals surface area contributed by atoms with Gasteiger partial charge in [0.25, 0.3) is 0 Å². The van der Waals surface area contributed by atoms with E-state index in [-0.39, 0.29) is 19.0 Å². The van der Waals surface area contributed by atoms with Crippen molar-refractivity contribution in [2.75, 3.05) is 0 Å². The molecule has 1 heterocycles. The quantitative estimate of drug-likeness (QED) is 0.651. The maximum absolute atomic E-state index is 11.8. The summed E-state index contributed by atoms with van der Waals surface area (Å²) in [6, 6.07) is 0. The van der Waals surface area contributed by atoms with Crippen molar-refractivity contribution < 1.29 is 9.90 Å². The molecule has 0 fully saturated rings. The van der Waals surface area contributed by atoms with E-state index < -0.39 is 11.1 Å². The van der Waals surface area contributed by atoms with Gasteiger partial charge in [-0.1, -0.05) is 5.21 Å². The highest BCUT2D eigenvalue weighted by Crippen LogP contribution is 2.20. The number of aromatic nitrogens is 3. The highest BCUT2D eigenvalue weighted by molar-refractivity contribution is 5.76. The van der Waals surface area contributed by atoms with E-state index in [1.807, 2.05) is 0 Å². The number of carbonyl (C=O) groups excluding carboxylic acids is 1. The Morgan fingerprint density at radius 3 is 2.56 bits per heavy atom. The van der Waals surface area contributed by atoms with Crippen LogP contribution in [0.1, 0.15) is 33.4 Å². The van der Waals surface area contributed by atoms with Crippen molar-refractivity contribution in [2.24, 2.45) is 5.73 Å². The minimum absolute atomic E-state index is 0.0481. The second-order valence-electron chi connectivity index (χ2n) is 5.34. The van der Waals surface area contributed by atoms with Crippen LogP contribution in [0.3, 0.4) is 0 Å². The number of nitrogens with zero attached hydrogens (tertiary/aromatic N) is 3. The van der Waals surface area contributed by atoms with Gasteiger partial charge in [0.15, 0.2) is 0 Å². The van der Waals surface area contributed by atoms with E-state index in [1.165, 1.54) is 4.68 Å². The van der Waals surface area contributed by atoms with Crippen molar-refractivity contribution in [1.29, 1.82) is 0 Å². The highest BCUT2D eigenvalue weighted by atomic mass is 16.3. The van der Waals surface area contributed by atoms with E-state index in [0.29, 0.717) is 5.69 Å². The van der Waals surface area contributed by atoms with Crippen LogP contribution in [0.15, 0.2) is 6.20 Å². The monoisotopic (exact) mass is 255 g/mol. The first-order valence-corrected chi connectivity index (χ1v) is 5.78. The summed E-state index contributed by atoms with van der Waals surface area (Å²) in [4.78, 5) is 11.8. The van der Waals surface area contributed by atoms with Gasteiger partial charge in [0.05, 0.1) is 23.0 Å². The molecule has 4 N–H and O–H groups in total. The summed E-state index contributed by atoms with van der Waals surface area (Å²) in [5.41, 5.74) is 4.28. The number of aliphatic hydroxyl groups is 1. The van der Waals surface area contributed by atoms with Crippen LogP contribution in [0.25, 0.3) is 0 Å². The summed E-state index contributed by atoms with van der Waals surface area (Å²) >= 11 is 0. The van der Waals surface area contributed by atoms with Crippen LogP contribution in [0, 0.1) is 0 Å². The van der Waals surface area contributed by atoms with E-state index >= 15 is 0 Å². The lowest BCUT2D eigenvalue weighted by atomic mass is 9.86. The summed E-state index contributed by atoms with van der Waals surface area (Å²) in [6.07, 6.45) is 1.62. The van der Waals surface area contributed by atoms with E-state index in [1.54, 1.807) is 33.9 Å². The van der Waals surface area contributed by atoms with Crippen molar-refractivity contribution in [2.45, 2.75) is 51.9 Å². The number of carbonyl (C=O) groups is 1. The predicted molar refractivity (Wildman–Crippen MR) is 66.4 cm³/mol. The van der Waals surface area contributed by atoms with Gasteiger partial charge in [0.1, 0.15) is 6.54 Å². The average molecular weight is 255 g/mol. The van der Waals surface area contributed by atoms with Gasteiger partial charge < -0.3 is 16.2 Å². The smallest absolute Gasteiger partial charge is 0.242 e. The molecule has 0 aliphatic carbocycles. The molecule has 18 heavy (non-hydrogen) atoms. The Kier molecular flexibility index (Phi) is 4.08. The lowest BCUT2D eigenvalue weighted by Crippen LogP contribution is -2.58. The third kappa shape index (κ3) is 3.51.